The van der Waals surface area contributed by atoms with Gasteiger partial charge in [0.2, 0.25) is 5.91 Å². The zero-order valence-corrected chi connectivity index (χ0v) is 26.3. The van der Waals surface area contributed by atoms with E-state index >= 15 is 0 Å². The Balaban J connectivity index is 1.37. The molecule has 2 aromatic carbocycles. The molecule has 1 amide bonds. The van der Waals surface area contributed by atoms with Crippen molar-refractivity contribution in [1.29, 1.82) is 0 Å². The lowest BCUT2D eigenvalue weighted by molar-refractivity contribution is -0.115. The van der Waals surface area contributed by atoms with Gasteiger partial charge >= 0.3 is 0 Å². The Labute approximate surface area is 252 Å². The number of anilines is 1. The third kappa shape index (κ3) is 12.4. The number of allylic oxidation sites excluding steroid dienone is 1. The lowest BCUT2D eigenvalue weighted by Crippen LogP contribution is -2.18. The number of Topliss-reactive ketones (excluding diaryl/α,β-unsaturated/α-hetero) is 1. The van der Waals surface area contributed by atoms with E-state index in [4.69, 9.17) is 4.74 Å². The first kappa shape index (κ1) is 32.8. The molecule has 0 aliphatic carbocycles. The Hall–Kier alpha value is -2.73. The quantitative estimate of drug-likeness (QED) is 0.125. The maximum Gasteiger partial charge on any atom is 0.228 e. The second-order valence-electron chi connectivity index (χ2n) is 11.3. The maximum absolute atomic E-state index is 12.8. The number of nitrogens with zero attached hydrogens (tertiary/aromatic N) is 1. The highest BCUT2D eigenvalue weighted by atomic mass is 32.2. The lowest BCUT2D eigenvalue weighted by atomic mass is 10.0. The Morgan fingerprint density at radius 2 is 1.56 bits per heavy atom. The highest BCUT2D eigenvalue weighted by Gasteiger charge is 2.14. The second-order valence-corrected chi connectivity index (χ2v) is 12.1. The van der Waals surface area contributed by atoms with E-state index in [1.165, 1.54) is 69.9 Å². The molecule has 0 spiro atoms. The van der Waals surface area contributed by atoms with Crippen molar-refractivity contribution in [2.45, 2.75) is 111 Å². The van der Waals surface area contributed by atoms with Crippen molar-refractivity contribution in [2.75, 3.05) is 17.8 Å². The SMILES string of the molecule is CCCCCCCCCCCCCCOc1ccc(CC(=O)Nc2cccc(CN3CSC=C3C)c2)cc1C(C)=O. The first-order valence-corrected chi connectivity index (χ1v) is 16.7. The number of unbranched alkanes of at least 4 members (excludes halogenated alkanes) is 11. The fraction of sp³-hybridized carbons (Fsp3) is 0.543. The Kier molecular flexibility index (Phi) is 14.9. The van der Waals surface area contributed by atoms with Gasteiger partial charge in [-0.1, -0.05) is 95.8 Å². The number of ketones is 1. The molecule has 0 unspecified atom stereocenters. The van der Waals surface area contributed by atoms with Crippen molar-refractivity contribution in [3.63, 3.8) is 0 Å². The van der Waals surface area contributed by atoms with Crippen LogP contribution in [0.2, 0.25) is 0 Å². The summed E-state index contributed by atoms with van der Waals surface area (Å²) >= 11 is 1.80. The second kappa shape index (κ2) is 18.7. The van der Waals surface area contributed by atoms with Crippen LogP contribution in [-0.2, 0) is 17.8 Å². The minimum absolute atomic E-state index is 0.0472. The molecular formula is C35H50N2O3S. The Morgan fingerprint density at radius 3 is 2.20 bits per heavy atom. The normalized spacial score (nSPS) is 12.9. The van der Waals surface area contributed by atoms with Crippen LogP contribution < -0.4 is 10.1 Å². The van der Waals surface area contributed by atoms with Gasteiger partial charge in [0.1, 0.15) is 5.75 Å². The molecule has 0 saturated heterocycles. The Morgan fingerprint density at radius 1 is 0.878 bits per heavy atom. The summed E-state index contributed by atoms with van der Waals surface area (Å²) in [5.41, 5.74) is 4.56. The first-order chi connectivity index (χ1) is 20.0. The molecule has 1 heterocycles. The molecule has 0 radical (unpaired) electrons. The van der Waals surface area contributed by atoms with E-state index in [0.717, 1.165) is 42.1 Å². The molecule has 2 aromatic rings. The summed E-state index contributed by atoms with van der Waals surface area (Å²) in [6, 6.07) is 13.5. The van der Waals surface area contributed by atoms with Crippen molar-refractivity contribution in [1.82, 2.24) is 4.90 Å². The van der Waals surface area contributed by atoms with E-state index in [1.807, 2.05) is 30.3 Å². The zero-order valence-electron chi connectivity index (χ0n) is 25.5. The van der Waals surface area contributed by atoms with Crippen LogP contribution in [0.1, 0.15) is 119 Å². The van der Waals surface area contributed by atoms with Gasteiger partial charge in [0.15, 0.2) is 5.78 Å². The van der Waals surface area contributed by atoms with Gasteiger partial charge < -0.3 is 15.0 Å². The van der Waals surface area contributed by atoms with Crippen LogP contribution in [0.15, 0.2) is 53.6 Å². The fourth-order valence-electron chi connectivity index (χ4n) is 5.17. The minimum atomic E-state index is -0.102. The van der Waals surface area contributed by atoms with E-state index in [1.54, 1.807) is 24.8 Å². The largest absolute Gasteiger partial charge is 0.493 e. The first-order valence-electron chi connectivity index (χ1n) is 15.6. The number of carbonyl (C=O) groups is 2. The van der Waals surface area contributed by atoms with Gasteiger partial charge in [0.25, 0.3) is 0 Å². The van der Waals surface area contributed by atoms with Crippen molar-refractivity contribution < 1.29 is 14.3 Å². The third-order valence-corrected chi connectivity index (χ3v) is 8.58. The summed E-state index contributed by atoms with van der Waals surface area (Å²) in [6.45, 7) is 7.37. The smallest absolute Gasteiger partial charge is 0.228 e. The van der Waals surface area contributed by atoms with Crippen LogP contribution in [-0.4, -0.2) is 29.1 Å². The molecule has 0 atom stereocenters. The van der Waals surface area contributed by atoms with E-state index in [2.05, 4.69) is 35.5 Å². The number of benzene rings is 2. The molecule has 0 bridgehead atoms. The number of nitrogens with one attached hydrogen (secondary N) is 1. The van der Waals surface area contributed by atoms with Crippen molar-refractivity contribution in [2.24, 2.45) is 0 Å². The summed E-state index contributed by atoms with van der Waals surface area (Å²) in [5, 5.41) is 5.19. The Bertz CT molecular complexity index is 1130. The van der Waals surface area contributed by atoms with Crippen molar-refractivity contribution in [3.8, 4) is 5.75 Å². The van der Waals surface area contributed by atoms with E-state index in [0.29, 0.717) is 17.9 Å². The summed E-state index contributed by atoms with van der Waals surface area (Å²) in [7, 11) is 0. The molecule has 3 rings (SSSR count). The molecule has 224 valence electrons. The average Bonchev–Trinajstić information content (AvgIpc) is 3.35. The number of hydrogen-bond acceptors (Lipinski definition) is 5. The van der Waals surface area contributed by atoms with E-state index < -0.39 is 0 Å². The van der Waals surface area contributed by atoms with Gasteiger partial charge in [-0.2, -0.15) is 0 Å². The minimum Gasteiger partial charge on any atom is -0.493 e. The van der Waals surface area contributed by atoms with Gasteiger partial charge in [0, 0.05) is 17.9 Å². The number of amides is 1. The predicted molar refractivity (Wildman–Crippen MR) is 174 cm³/mol. The highest BCUT2D eigenvalue weighted by Crippen LogP contribution is 2.26. The van der Waals surface area contributed by atoms with Gasteiger partial charge in [-0.25, -0.2) is 0 Å². The fourth-order valence-corrected chi connectivity index (χ4v) is 6.11. The average molecular weight is 579 g/mol. The summed E-state index contributed by atoms with van der Waals surface area (Å²) in [5.74, 6) is 1.42. The molecule has 41 heavy (non-hydrogen) atoms. The van der Waals surface area contributed by atoms with Crippen molar-refractivity contribution in [3.05, 3.63) is 70.3 Å². The van der Waals surface area contributed by atoms with Crippen LogP contribution in [0.4, 0.5) is 5.69 Å². The third-order valence-electron chi connectivity index (χ3n) is 7.61. The number of rotatable bonds is 20. The molecule has 1 aliphatic heterocycles. The van der Waals surface area contributed by atoms with Crippen LogP contribution >= 0.6 is 11.8 Å². The van der Waals surface area contributed by atoms with Gasteiger partial charge in [0.05, 0.1) is 24.5 Å². The molecule has 1 aliphatic rings. The summed E-state index contributed by atoms with van der Waals surface area (Å²) in [4.78, 5) is 27.5. The number of thioether (sulfide) groups is 1. The van der Waals surface area contributed by atoms with Crippen LogP contribution in [0.25, 0.3) is 0 Å². The van der Waals surface area contributed by atoms with Gasteiger partial charge in [-0.05, 0) is 61.1 Å². The molecular weight excluding hydrogens is 528 g/mol. The van der Waals surface area contributed by atoms with E-state index in [9.17, 15) is 9.59 Å². The summed E-state index contributed by atoms with van der Waals surface area (Å²) < 4.78 is 5.99. The van der Waals surface area contributed by atoms with Crippen LogP contribution in [0.3, 0.4) is 0 Å². The van der Waals surface area contributed by atoms with Crippen LogP contribution in [0, 0.1) is 0 Å². The molecule has 6 heteroatoms. The maximum atomic E-state index is 12.8. The number of hydrogen-bond donors (Lipinski definition) is 1. The number of carbonyl (C=O) groups excluding carboxylic acids is 2. The van der Waals surface area contributed by atoms with Gasteiger partial charge in [-0.15, -0.1) is 11.8 Å². The molecule has 0 saturated carbocycles. The predicted octanol–water partition coefficient (Wildman–Crippen LogP) is 9.52. The molecule has 0 aromatic heterocycles. The van der Waals surface area contributed by atoms with Gasteiger partial charge in [-0.3, -0.25) is 9.59 Å². The monoisotopic (exact) mass is 578 g/mol. The molecule has 0 fully saturated rings. The standard InChI is InChI=1S/C35H50N2O3S/c1-4-5-6-7-8-9-10-11-12-13-14-15-21-40-34-20-19-30(23-33(34)29(3)38)24-35(39)36-32-18-16-17-31(22-32)25-37-27-41-26-28(37)2/h16-20,22-23,26H,4-15,21,24-25,27H2,1-3H3,(H,36,39). The molecule has 1 N–H and O–H groups in total. The zero-order chi connectivity index (χ0) is 29.3. The lowest BCUT2D eigenvalue weighted by Gasteiger charge is -2.19. The molecule has 5 nitrogen and oxygen atoms in total. The topological polar surface area (TPSA) is 58.6 Å². The van der Waals surface area contributed by atoms with Crippen LogP contribution in [0.5, 0.6) is 5.75 Å². The van der Waals surface area contributed by atoms with E-state index in [-0.39, 0.29) is 18.1 Å². The number of ether oxygens (including phenoxy) is 1. The van der Waals surface area contributed by atoms with Crippen molar-refractivity contribution >= 4 is 29.1 Å². The summed E-state index contributed by atoms with van der Waals surface area (Å²) in [6.07, 6.45) is 15.8. The highest BCUT2D eigenvalue weighted by molar-refractivity contribution is 8.02.